The zero-order valence-corrected chi connectivity index (χ0v) is 32.1. The van der Waals surface area contributed by atoms with Crippen LogP contribution in [0.15, 0.2) is 65.8 Å². The molecule has 0 unspecified atom stereocenters. The van der Waals surface area contributed by atoms with Crippen molar-refractivity contribution in [1.82, 2.24) is 14.5 Å². The van der Waals surface area contributed by atoms with E-state index in [1.54, 1.807) is 0 Å². The lowest BCUT2D eigenvalue weighted by atomic mass is 9.64. The summed E-state index contributed by atoms with van der Waals surface area (Å²) in [5, 5.41) is 2.51. The van der Waals surface area contributed by atoms with Crippen LogP contribution in [0.5, 0.6) is 11.5 Å². The van der Waals surface area contributed by atoms with E-state index in [0.29, 0.717) is 6.04 Å². The zero-order chi connectivity index (χ0) is 35.5. The molecule has 8 rings (SSSR count). The molecule has 3 aliphatic rings. The molecule has 2 aliphatic heterocycles. The molecule has 3 aromatic carbocycles. The number of benzene rings is 3. The van der Waals surface area contributed by atoms with Crippen LogP contribution in [0.3, 0.4) is 0 Å². The fourth-order valence-electron chi connectivity index (χ4n) is 9.66. The Kier molecular flexibility index (Phi) is 7.23. The average Bonchev–Trinajstić information content (AvgIpc) is 3.47. The molecule has 50 heavy (non-hydrogen) atoms. The number of fused-ring (bicyclic) bond motifs is 5. The third-order valence-corrected chi connectivity index (χ3v) is 12.9. The predicted octanol–water partition coefficient (Wildman–Crippen LogP) is 11.5. The summed E-state index contributed by atoms with van der Waals surface area (Å²) in [6.45, 7) is 25.5. The van der Waals surface area contributed by atoms with E-state index in [2.05, 4.69) is 140 Å². The van der Waals surface area contributed by atoms with E-state index in [1.165, 1.54) is 70.6 Å². The molecule has 0 bridgehead atoms. The van der Waals surface area contributed by atoms with Gasteiger partial charge in [0.1, 0.15) is 23.2 Å². The number of aliphatic imine (C=N–C) groups is 1. The lowest BCUT2D eigenvalue weighted by Gasteiger charge is -2.52. The first-order chi connectivity index (χ1) is 23.5. The van der Waals surface area contributed by atoms with Crippen molar-refractivity contribution < 1.29 is 4.74 Å². The minimum Gasteiger partial charge on any atom is -0.457 e. The van der Waals surface area contributed by atoms with Crippen LogP contribution in [0.4, 0.5) is 0 Å². The van der Waals surface area contributed by atoms with Crippen LogP contribution in [0, 0.1) is 26.2 Å². The molecule has 5 aromatic rings. The molecule has 0 spiro atoms. The largest absolute Gasteiger partial charge is 0.457 e. The van der Waals surface area contributed by atoms with Gasteiger partial charge in [-0.25, -0.2) is 4.98 Å². The number of aromatic nitrogens is 2. The van der Waals surface area contributed by atoms with Gasteiger partial charge in [0.05, 0.1) is 22.1 Å². The molecule has 2 aromatic heterocycles. The normalized spacial score (nSPS) is 21.5. The lowest BCUT2D eigenvalue weighted by Crippen LogP contribution is -2.62. The van der Waals surface area contributed by atoms with E-state index in [4.69, 9.17) is 14.7 Å². The van der Waals surface area contributed by atoms with Crippen molar-refractivity contribution in [2.24, 2.45) is 10.4 Å². The molecular weight excluding hydrogens is 613 g/mol. The van der Waals surface area contributed by atoms with Gasteiger partial charge < -0.3 is 9.64 Å². The van der Waals surface area contributed by atoms with Crippen LogP contribution < -0.4 is 4.74 Å². The third-order valence-electron chi connectivity index (χ3n) is 12.9. The Bertz CT molecular complexity index is 2220. The second kappa shape index (κ2) is 10.9. The van der Waals surface area contributed by atoms with Gasteiger partial charge in [-0.15, -0.1) is 0 Å². The van der Waals surface area contributed by atoms with Gasteiger partial charge in [-0.2, -0.15) is 0 Å². The Hall–Kier alpha value is -4.12. The van der Waals surface area contributed by atoms with Crippen molar-refractivity contribution in [2.75, 3.05) is 0 Å². The second-order valence-corrected chi connectivity index (χ2v) is 17.8. The number of hydrogen-bond donors (Lipinski definition) is 0. The molecule has 0 N–H and O–H groups in total. The summed E-state index contributed by atoms with van der Waals surface area (Å²) >= 11 is 0. The minimum absolute atomic E-state index is 0.0109. The maximum absolute atomic E-state index is 6.94. The van der Waals surface area contributed by atoms with Gasteiger partial charge >= 0.3 is 0 Å². The van der Waals surface area contributed by atoms with Crippen LogP contribution in [0.2, 0.25) is 0 Å². The second-order valence-electron chi connectivity index (χ2n) is 17.8. The van der Waals surface area contributed by atoms with E-state index in [9.17, 15) is 0 Å². The van der Waals surface area contributed by atoms with Gasteiger partial charge in [0, 0.05) is 45.6 Å². The van der Waals surface area contributed by atoms with Gasteiger partial charge in [-0.3, -0.25) is 9.56 Å². The third kappa shape index (κ3) is 4.64. The molecule has 0 radical (unpaired) electrons. The summed E-state index contributed by atoms with van der Waals surface area (Å²) in [6.07, 6.45) is 8.27. The van der Waals surface area contributed by atoms with Gasteiger partial charge in [0.2, 0.25) is 0 Å². The molecule has 1 saturated carbocycles. The van der Waals surface area contributed by atoms with E-state index in [-0.39, 0.29) is 21.9 Å². The number of rotatable bonds is 4. The number of ether oxygens (including phenoxy) is 1. The Morgan fingerprint density at radius 2 is 1.52 bits per heavy atom. The maximum atomic E-state index is 6.94. The van der Waals surface area contributed by atoms with E-state index < -0.39 is 0 Å². The van der Waals surface area contributed by atoms with Gasteiger partial charge in [-0.05, 0) is 113 Å². The first kappa shape index (κ1) is 33.0. The molecule has 1 fully saturated rings. The fraction of sp³-hybridized carbons (Fsp3) is 0.467. The summed E-state index contributed by atoms with van der Waals surface area (Å²) in [5.74, 6) is 3.84. The Labute approximate surface area is 298 Å². The molecule has 1 aliphatic carbocycles. The van der Waals surface area contributed by atoms with Crippen molar-refractivity contribution in [3.63, 3.8) is 0 Å². The van der Waals surface area contributed by atoms with Crippen molar-refractivity contribution >= 4 is 27.6 Å². The molecule has 0 saturated heterocycles. The number of pyridine rings is 1. The molecule has 5 heteroatoms. The quantitative estimate of drug-likeness (QED) is 0.192. The molecule has 1 atom stereocenters. The highest BCUT2D eigenvalue weighted by Crippen LogP contribution is 2.52. The van der Waals surface area contributed by atoms with Crippen molar-refractivity contribution in [3.8, 4) is 17.3 Å². The average molecular weight is 667 g/mol. The summed E-state index contributed by atoms with van der Waals surface area (Å²) in [7, 11) is 0. The zero-order valence-electron chi connectivity index (χ0n) is 32.1. The summed E-state index contributed by atoms with van der Waals surface area (Å²) in [5.41, 5.74) is 9.13. The van der Waals surface area contributed by atoms with Crippen LogP contribution in [-0.2, 0) is 5.41 Å². The number of aryl methyl sites for hydroxylation is 3. The fourth-order valence-corrected chi connectivity index (χ4v) is 9.66. The van der Waals surface area contributed by atoms with Gasteiger partial charge in [0.25, 0.3) is 0 Å². The topological polar surface area (TPSA) is 42.6 Å². The van der Waals surface area contributed by atoms with E-state index >= 15 is 0 Å². The number of hydrogen-bond acceptors (Lipinski definition) is 4. The van der Waals surface area contributed by atoms with E-state index in [0.717, 1.165) is 39.8 Å². The van der Waals surface area contributed by atoms with Crippen LogP contribution in [0.1, 0.15) is 121 Å². The highest BCUT2D eigenvalue weighted by atomic mass is 16.5. The Balaban J connectivity index is 1.27. The van der Waals surface area contributed by atoms with Gasteiger partial charge in [0.15, 0.2) is 0 Å². The minimum atomic E-state index is -0.256. The lowest BCUT2D eigenvalue weighted by molar-refractivity contribution is 0.0331. The summed E-state index contributed by atoms with van der Waals surface area (Å²) in [4.78, 5) is 13.4. The molecule has 5 nitrogen and oxygen atoms in total. The standard InChI is InChI=1S/C45H54N4O/c1-27-20-30(40-47-45(11,42(4,5)6)44(9,10)49(40)31-16-13-12-14-17-31)25-32(21-27)50-38-26-37-33(24-29(38)3)34-22-28(2)23-36-39(34)48(37)41-35(43(36,7)8)18-15-19-46-41/h15,18-26,31H,12-14,16-17H2,1-11H3/t45-/m1/s1. The van der Waals surface area contributed by atoms with Crippen LogP contribution in [-0.4, -0.2) is 37.4 Å². The van der Waals surface area contributed by atoms with E-state index in [1.807, 2.05) is 6.20 Å². The van der Waals surface area contributed by atoms with Crippen molar-refractivity contribution in [1.29, 1.82) is 0 Å². The summed E-state index contributed by atoms with van der Waals surface area (Å²) in [6, 6.07) is 20.7. The predicted molar refractivity (Wildman–Crippen MR) is 209 cm³/mol. The summed E-state index contributed by atoms with van der Waals surface area (Å²) < 4.78 is 9.31. The molecular formula is C45H54N4O. The smallest absolute Gasteiger partial charge is 0.141 e. The number of nitrogens with zero attached hydrogens (tertiary/aromatic N) is 4. The van der Waals surface area contributed by atoms with Gasteiger partial charge in [-0.1, -0.05) is 71.6 Å². The highest BCUT2D eigenvalue weighted by Gasteiger charge is 2.59. The maximum Gasteiger partial charge on any atom is 0.141 e. The SMILES string of the molecule is Cc1cc(Oc2cc3c(cc2C)c2cc(C)cc4c2n3-c2ncccc2C4(C)C)cc(C2=N[C@](C)(C(C)(C)C)C(C)(C)N2C2CCCCC2)c1. The molecule has 0 amide bonds. The Morgan fingerprint density at radius 1 is 0.800 bits per heavy atom. The number of amidine groups is 1. The van der Waals surface area contributed by atoms with Crippen molar-refractivity contribution in [3.05, 3.63) is 94.2 Å². The monoisotopic (exact) mass is 666 g/mol. The van der Waals surface area contributed by atoms with Crippen LogP contribution >= 0.6 is 0 Å². The Morgan fingerprint density at radius 3 is 2.24 bits per heavy atom. The molecule has 4 heterocycles. The highest BCUT2D eigenvalue weighted by molar-refractivity contribution is 6.12. The van der Waals surface area contributed by atoms with Crippen LogP contribution in [0.25, 0.3) is 27.6 Å². The van der Waals surface area contributed by atoms with Crippen molar-refractivity contribution in [2.45, 2.75) is 131 Å². The first-order valence-electron chi connectivity index (χ1n) is 18.8. The first-order valence-corrected chi connectivity index (χ1v) is 18.8. The molecule has 260 valence electrons.